The lowest BCUT2D eigenvalue weighted by Gasteiger charge is -2.39. The van der Waals surface area contributed by atoms with Crippen molar-refractivity contribution < 1.29 is 22.9 Å². The second-order valence-electron chi connectivity index (χ2n) is 20.9. The number of halogens is 1. The van der Waals surface area contributed by atoms with Crippen LogP contribution in [0.25, 0.3) is 16.6 Å². The van der Waals surface area contributed by atoms with Crippen molar-refractivity contribution in [2.24, 2.45) is 17.3 Å². The molecule has 1 aliphatic heterocycles. The minimum atomic E-state index is -4.57. The van der Waals surface area contributed by atoms with E-state index in [9.17, 15) is 23.3 Å². The summed E-state index contributed by atoms with van der Waals surface area (Å²) in [4.78, 5) is 40.5. The molecule has 1 saturated heterocycles. The maximum Gasteiger partial charge on any atom is 0.293 e. The Morgan fingerprint density at radius 2 is 1.65 bits per heavy atom. The summed E-state index contributed by atoms with van der Waals surface area (Å²) in [6.07, 6.45) is 15.6. The Labute approximate surface area is 410 Å². The number of aromatic amines is 1. The van der Waals surface area contributed by atoms with Gasteiger partial charge in [-0.15, -0.1) is 0 Å². The molecule has 0 unspecified atom stereocenters. The van der Waals surface area contributed by atoms with Crippen LogP contribution in [0.4, 0.5) is 17.1 Å². The van der Waals surface area contributed by atoms with Gasteiger partial charge in [-0.3, -0.25) is 24.7 Å². The highest BCUT2D eigenvalue weighted by Crippen LogP contribution is 2.44. The number of benzene rings is 3. The van der Waals surface area contributed by atoms with Crippen LogP contribution in [-0.2, 0) is 10.0 Å². The Kier molecular flexibility index (Phi) is 13.5. The van der Waals surface area contributed by atoms with Gasteiger partial charge in [0.15, 0.2) is 0 Å². The zero-order chi connectivity index (χ0) is 47.9. The van der Waals surface area contributed by atoms with Gasteiger partial charge in [0.25, 0.3) is 21.6 Å². The van der Waals surface area contributed by atoms with Crippen molar-refractivity contribution in [1.29, 1.82) is 0 Å². The van der Waals surface area contributed by atoms with Crippen molar-refractivity contribution >= 4 is 61.2 Å². The van der Waals surface area contributed by atoms with Gasteiger partial charge in [0.1, 0.15) is 22.8 Å². The van der Waals surface area contributed by atoms with Crippen LogP contribution in [-0.4, -0.2) is 96.9 Å². The molecule has 14 nitrogen and oxygen atoms in total. The van der Waals surface area contributed by atoms with Gasteiger partial charge in [-0.05, 0) is 148 Å². The van der Waals surface area contributed by atoms with Gasteiger partial charge in [-0.1, -0.05) is 43.2 Å². The molecule has 10 rings (SSSR count). The number of anilines is 2. The minimum Gasteiger partial charge on any atom is -0.455 e. The summed E-state index contributed by atoms with van der Waals surface area (Å²) in [7, 11) is -4.57. The van der Waals surface area contributed by atoms with Crippen molar-refractivity contribution in [3.05, 3.63) is 117 Å². The molecule has 364 valence electrons. The van der Waals surface area contributed by atoms with E-state index >= 15 is 0 Å². The maximum atomic E-state index is 14.1. The number of sulfonamides is 1. The monoisotopic (exact) mass is 974 g/mol. The Morgan fingerprint density at radius 3 is 2.35 bits per heavy atom. The molecule has 0 bridgehead atoms. The number of piperazine rings is 1. The van der Waals surface area contributed by atoms with E-state index in [0.717, 1.165) is 112 Å². The molecule has 2 aromatic heterocycles. The average molecular weight is 976 g/mol. The largest absolute Gasteiger partial charge is 0.455 e. The minimum absolute atomic E-state index is 0.0202. The second kappa shape index (κ2) is 19.7. The lowest BCUT2D eigenvalue weighted by Crippen LogP contribution is -2.47. The predicted molar refractivity (Wildman–Crippen MR) is 272 cm³/mol. The molecule has 3 saturated carbocycles. The van der Waals surface area contributed by atoms with Crippen molar-refractivity contribution in [2.45, 2.75) is 101 Å². The Bertz CT molecular complexity index is 2830. The molecular formula is C53H63ClN8O6S. The molecule has 0 spiro atoms. The highest BCUT2D eigenvalue weighted by molar-refractivity contribution is 7.90. The first kappa shape index (κ1) is 47.2. The number of nitrogens with one attached hydrogen (secondary N) is 3. The average Bonchev–Trinajstić information content (AvgIpc) is 4.28. The van der Waals surface area contributed by atoms with Crippen LogP contribution in [0, 0.1) is 27.4 Å². The number of H-pyrrole nitrogens is 1. The third-order valence-electron chi connectivity index (χ3n) is 15.0. The Morgan fingerprint density at radius 1 is 0.928 bits per heavy atom. The van der Waals surface area contributed by atoms with Crippen LogP contribution in [0.2, 0.25) is 5.02 Å². The van der Waals surface area contributed by atoms with Crippen LogP contribution >= 0.6 is 11.6 Å². The summed E-state index contributed by atoms with van der Waals surface area (Å²) < 4.78 is 36.4. The second-order valence-corrected chi connectivity index (χ2v) is 23.0. The zero-order valence-corrected chi connectivity index (χ0v) is 41.2. The van der Waals surface area contributed by atoms with E-state index in [-0.39, 0.29) is 39.0 Å². The molecule has 0 radical (unpaired) electrons. The van der Waals surface area contributed by atoms with Crippen LogP contribution in [0.1, 0.15) is 100 Å². The quantitative estimate of drug-likeness (QED) is 0.0600. The molecule has 3 heterocycles. The van der Waals surface area contributed by atoms with Gasteiger partial charge in [-0.2, -0.15) is 0 Å². The number of ether oxygens (including phenoxy) is 1. The van der Waals surface area contributed by atoms with Gasteiger partial charge < -0.3 is 19.9 Å². The van der Waals surface area contributed by atoms with Crippen molar-refractivity contribution in [3.63, 3.8) is 0 Å². The van der Waals surface area contributed by atoms with Gasteiger partial charge >= 0.3 is 0 Å². The number of hydrogen-bond acceptors (Lipinski definition) is 11. The van der Waals surface area contributed by atoms with E-state index < -0.39 is 20.9 Å². The smallest absolute Gasteiger partial charge is 0.293 e. The fraction of sp³-hybridized carbons (Fsp3) is 0.472. The first-order chi connectivity index (χ1) is 33.2. The number of carbonyl (C=O) groups excluding carboxylic acids is 1. The van der Waals surface area contributed by atoms with Gasteiger partial charge in [-0.25, -0.2) is 18.1 Å². The molecule has 3 aromatic carbocycles. The molecule has 0 atom stereocenters. The fourth-order valence-electron chi connectivity index (χ4n) is 10.6. The Hall–Kier alpha value is -5.48. The van der Waals surface area contributed by atoms with Crippen molar-refractivity contribution in [2.75, 3.05) is 56.0 Å². The topological polar surface area (TPSA) is 166 Å². The summed E-state index contributed by atoms with van der Waals surface area (Å²) in [6, 6.07) is 21.3. The third-order valence-corrected chi connectivity index (χ3v) is 16.6. The summed E-state index contributed by atoms with van der Waals surface area (Å²) in [5, 5.41) is 17.3. The number of hydrogen-bond donors (Lipinski definition) is 3. The fourth-order valence-corrected chi connectivity index (χ4v) is 11.7. The van der Waals surface area contributed by atoms with E-state index in [1.807, 2.05) is 18.2 Å². The Balaban J connectivity index is 0.830. The van der Waals surface area contributed by atoms with E-state index in [4.69, 9.17) is 16.3 Å². The lowest BCUT2D eigenvalue weighted by molar-refractivity contribution is -0.384. The van der Waals surface area contributed by atoms with E-state index in [2.05, 4.69) is 60.7 Å². The van der Waals surface area contributed by atoms with Gasteiger partial charge in [0.2, 0.25) is 0 Å². The molecule has 69 heavy (non-hydrogen) atoms. The molecule has 4 fully saturated rings. The highest BCUT2D eigenvalue weighted by atomic mass is 35.5. The standard InChI is InChI=1S/C53H63ClN8O6S/c1-53(2)21-19-39(47(30-53)37-7-9-40(54)10-8-37)34-59-23-25-60(26-24-59)43-15-17-46(50(28-43)68-44-27-38-20-22-55-51(38)56-31-44)52(63)58-69(66,67)45-16-18-48(49(29-45)62(64)65)57-41-11-13-42(14-12-41)61(32-35-3-4-35)33-36-5-6-36/h7-10,15-18,20,22,27-29,31,35-36,41-42,57H,3-6,11-14,19,21,23-26,30,32-34H2,1-2H3,(H,55,56)(H,58,63). The molecule has 3 N–H and O–H groups in total. The number of amides is 1. The number of allylic oxidation sites excluding steroid dienone is 1. The van der Waals surface area contributed by atoms with E-state index in [1.165, 1.54) is 67.6 Å². The zero-order valence-electron chi connectivity index (χ0n) is 39.6. The highest BCUT2D eigenvalue weighted by Gasteiger charge is 2.36. The molecule has 5 aromatic rings. The third kappa shape index (κ3) is 11.4. The number of nitrogens with zero attached hydrogens (tertiary/aromatic N) is 5. The van der Waals surface area contributed by atoms with Gasteiger partial charge in [0, 0.05) is 92.3 Å². The number of fused-ring (bicyclic) bond motifs is 1. The van der Waals surface area contributed by atoms with Crippen LogP contribution in [0.15, 0.2) is 95.7 Å². The number of carbonyl (C=O) groups is 1. The SMILES string of the molecule is CC1(C)CCC(CN2CCN(c3ccc(C(=O)NS(=O)(=O)c4ccc(NC5CCC(N(CC6CC6)CC6CC6)CC5)c([N+](=O)[O-])c4)c(Oc4cnc5[nH]ccc5c4)c3)CC2)=C(c2ccc(Cl)cc2)C1. The summed E-state index contributed by atoms with van der Waals surface area (Å²) in [5.74, 6) is 1.24. The molecular weight excluding hydrogens is 912 g/mol. The number of nitro benzene ring substituents is 1. The number of rotatable bonds is 17. The summed E-state index contributed by atoms with van der Waals surface area (Å²) >= 11 is 6.26. The molecule has 16 heteroatoms. The summed E-state index contributed by atoms with van der Waals surface area (Å²) in [5.41, 5.74) is 5.72. The van der Waals surface area contributed by atoms with E-state index in [1.54, 1.807) is 36.7 Å². The first-order valence-corrected chi connectivity index (χ1v) is 26.6. The van der Waals surface area contributed by atoms with Crippen LogP contribution in [0.3, 0.4) is 0 Å². The lowest BCUT2D eigenvalue weighted by atomic mass is 9.72. The maximum absolute atomic E-state index is 14.1. The van der Waals surface area contributed by atoms with Crippen molar-refractivity contribution in [1.82, 2.24) is 24.5 Å². The van der Waals surface area contributed by atoms with Gasteiger partial charge in [0.05, 0.1) is 21.6 Å². The number of pyridine rings is 1. The van der Waals surface area contributed by atoms with Crippen molar-refractivity contribution in [3.8, 4) is 11.5 Å². The van der Waals surface area contributed by atoms with E-state index in [0.29, 0.717) is 17.4 Å². The number of nitro groups is 1. The number of aromatic nitrogens is 2. The van der Waals surface area contributed by atoms with Crippen LogP contribution < -0.4 is 19.7 Å². The first-order valence-electron chi connectivity index (χ1n) is 24.8. The predicted octanol–water partition coefficient (Wildman–Crippen LogP) is 10.7. The normalized spacial score (nSPS) is 21.1. The summed E-state index contributed by atoms with van der Waals surface area (Å²) in [6.45, 7) is 11.1. The van der Waals surface area contributed by atoms with Crippen LogP contribution in [0.5, 0.6) is 11.5 Å². The molecule has 4 aliphatic carbocycles. The molecule has 5 aliphatic rings. The molecule has 1 amide bonds.